The van der Waals surface area contributed by atoms with E-state index in [1.807, 2.05) is 6.92 Å². The topological polar surface area (TPSA) is 83.9 Å². The Bertz CT molecular complexity index is 1080. The second kappa shape index (κ2) is 7.93. The van der Waals surface area contributed by atoms with Crippen LogP contribution in [0.1, 0.15) is 28.4 Å². The molecule has 0 spiro atoms. The third kappa shape index (κ3) is 3.79. The molecule has 2 aromatic carbocycles. The van der Waals surface area contributed by atoms with Gasteiger partial charge in [-0.1, -0.05) is 29.8 Å². The third-order valence-corrected chi connectivity index (χ3v) is 5.08. The summed E-state index contributed by atoms with van der Waals surface area (Å²) in [6.45, 7) is 3.51. The predicted molar refractivity (Wildman–Crippen MR) is 110 cm³/mol. The molecule has 0 saturated heterocycles. The number of carbonyl (C=O) groups is 3. The number of amides is 1. The number of aromatic carboxylic acids is 1. The van der Waals surface area contributed by atoms with Crippen LogP contribution in [0.5, 0.6) is 0 Å². The van der Waals surface area contributed by atoms with Crippen LogP contribution in [0.2, 0.25) is 5.02 Å². The monoisotopic (exact) mass is 411 g/mol. The highest BCUT2D eigenvalue weighted by atomic mass is 35.5. The maximum atomic E-state index is 13.2. The number of carbonyl (C=O) groups excluding carboxylic acids is 2. The van der Waals surface area contributed by atoms with Gasteiger partial charge >= 0.3 is 11.9 Å². The first-order valence-electron chi connectivity index (χ1n) is 8.69. The van der Waals surface area contributed by atoms with E-state index in [1.54, 1.807) is 43.3 Å². The van der Waals surface area contributed by atoms with Gasteiger partial charge in [0, 0.05) is 10.7 Å². The Balaban J connectivity index is 2.11. The Morgan fingerprint density at radius 2 is 1.76 bits per heavy atom. The fourth-order valence-corrected chi connectivity index (χ4v) is 3.28. The second-order valence-corrected chi connectivity index (χ2v) is 6.92. The molecule has 7 heteroatoms. The molecule has 0 aliphatic carbocycles. The molecule has 0 saturated carbocycles. The summed E-state index contributed by atoms with van der Waals surface area (Å²) in [5, 5.41) is 9.53. The van der Waals surface area contributed by atoms with Crippen LogP contribution < -0.4 is 4.90 Å². The van der Waals surface area contributed by atoms with Gasteiger partial charge in [-0.3, -0.25) is 9.69 Å². The number of hydrogen-bond donors (Lipinski definition) is 1. The maximum Gasteiger partial charge on any atom is 0.340 e. The summed E-state index contributed by atoms with van der Waals surface area (Å²) in [5.74, 6) is -2.08. The highest BCUT2D eigenvalue weighted by molar-refractivity contribution is 6.32. The van der Waals surface area contributed by atoms with Gasteiger partial charge in [0.25, 0.3) is 5.91 Å². The Labute approximate surface area is 172 Å². The van der Waals surface area contributed by atoms with Gasteiger partial charge in [-0.2, -0.15) is 0 Å². The molecule has 2 aromatic rings. The minimum Gasteiger partial charge on any atom is -0.478 e. The van der Waals surface area contributed by atoms with E-state index in [9.17, 15) is 14.4 Å². The molecule has 148 valence electrons. The summed E-state index contributed by atoms with van der Waals surface area (Å²) in [4.78, 5) is 38.0. The molecule has 0 aromatic heterocycles. The zero-order valence-corrected chi connectivity index (χ0v) is 16.8. The molecular weight excluding hydrogens is 394 g/mol. The lowest BCUT2D eigenvalue weighted by atomic mass is 10.0. The molecule has 1 heterocycles. The van der Waals surface area contributed by atoms with E-state index < -0.39 is 17.8 Å². The summed E-state index contributed by atoms with van der Waals surface area (Å²) in [6, 6.07) is 11.2. The molecule has 3 rings (SSSR count). The highest BCUT2D eigenvalue weighted by Crippen LogP contribution is 2.36. The van der Waals surface area contributed by atoms with Crippen molar-refractivity contribution in [3.63, 3.8) is 0 Å². The molecule has 1 aliphatic rings. The van der Waals surface area contributed by atoms with Crippen molar-refractivity contribution >= 4 is 41.2 Å². The number of carboxylic acids is 1. The lowest BCUT2D eigenvalue weighted by Crippen LogP contribution is -2.24. The first-order valence-corrected chi connectivity index (χ1v) is 9.07. The molecule has 0 atom stereocenters. The minimum atomic E-state index is -1.05. The zero-order valence-electron chi connectivity index (χ0n) is 16.0. The number of allylic oxidation sites excluding steroid dienone is 1. The van der Waals surface area contributed by atoms with Gasteiger partial charge in [-0.25, -0.2) is 9.59 Å². The quantitative estimate of drug-likeness (QED) is 0.601. The molecule has 0 fully saturated rings. The number of nitrogens with zero attached hydrogens (tertiary/aromatic N) is 1. The van der Waals surface area contributed by atoms with Gasteiger partial charge in [-0.15, -0.1) is 0 Å². The number of rotatable bonds is 4. The molecular formula is C22H18ClNO5. The highest BCUT2D eigenvalue weighted by Gasteiger charge is 2.38. The van der Waals surface area contributed by atoms with E-state index in [0.717, 1.165) is 5.56 Å². The second-order valence-electron chi connectivity index (χ2n) is 6.51. The van der Waals surface area contributed by atoms with Crippen LogP contribution in [0, 0.1) is 6.92 Å². The average molecular weight is 412 g/mol. The normalized spacial score (nSPS) is 15.2. The van der Waals surface area contributed by atoms with E-state index in [2.05, 4.69) is 0 Å². The SMILES string of the molecule is COC(=O)C1=C(C)N(c2ccc(C)c(Cl)c2)C(=O)C1=Cc1ccc(C(=O)O)cc1. The number of benzene rings is 2. The lowest BCUT2D eigenvalue weighted by Gasteiger charge is -2.18. The number of halogens is 1. The molecule has 1 N–H and O–H groups in total. The van der Waals surface area contributed by atoms with Gasteiger partial charge in [0.1, 0.15) is 0 Å². The standard InChI is InChI=1S/C22H18ClNO5/c1-12-4-9-16(11-18(12)23)24-13(2)19(22(28)29-3)17(20(24)25)10-14-5-7-15(8-6-14)21(26)27/h4-11H,1-3H3,(H,26,27). The minimum absolute atomic E-state index is 0.126. The van der Waals surface area contributed by atoms with E-state index in [4.69, 9.17) is 21.4 Å². The van der Waals surface area contributed by atoms with Crippen LogP contribution in [0.15, 0.2) is 59.3 Å². The number of carboxylic acid groups (broad SMARTS) is 1. The van der Waals surface area contributed by atoms with Crippen molar-refractivity contribution in [3.05, 3.63) is 81.0 Å². The van der Waals surface area contributed by atoms with Crippen molar-refractivity contribution in [2.24, 2.45) is 0 Å². The average Bonchev–Trinajstić information content (AvgIpc) is 2.94. The molecule has 0 radical (unpaired) electrons. The van der Waals surface area contributed by atoms with Gasteiger partial charge < -0.3 is 9.84 Å². The number of methoxy groups -OCH3 is 1. The van der Waals surface area contributed by atoms with Crippen LogP contribution in [0.25, 0.3) is 6.08 Å². The smallest absolute Gasteiger partial charge is 0.340 e. The fraction of sp³-hybridized carbons (Fsp3) is 0.136. The van der Waals surface area contributed by atoms with E-state index in [0.29, 0.717) is 22.0 Å². The Kier molecular flexibility index (Phi) is 5.57. The molecule has 0 bridgehead atoms. The zero-order chi connectivity index (χ0) is 21.3. The van der Waals surface area contributed by atoms with E-state index in [1.165, 1.54) is 24.1 Å². The van der Waals surface area contributed by atoms with Gasteiger partial charge in [0.05, 0.1) is 29.5 Å². The summed E-state index contributed by atoms with van der Waals surface area (Å²) < 4.78 is 4.88. The number of hydrogen-bond acceptors (Lipinski definition) is 4. The number of esters is 1. The molecule has 0 unspecified atom stereocenters. The first kappa shape index (κ1) is 20.4. The predicted octanol–water partition coefficient (Wildman–Crippen LogP) is 4.22. The Morgan fingerprint density at radius 1 is 1.10 bits per heavy atom. The third-order valence-electron chi connectivity index (χ3n) is 4.67. The summed E-state index contributed by atoms with van der Waals surface area (Å²) in [6.07, 6.45) is 1.54. The van der Waals surface area contributed by atoms with Crippen molar-refractivity contribution in [1.82, 2.24) is 0 Å². The Morgan fingerprint density at radius 3 is 2.31 bits per heavy atom. The number of ether oxygens (including phenoxy) is 1. The van der Waals surface area contributed by atoms with Crippen molar-refractivity contribution in [2.75, 3.05) is 12.0 Å². The van der Waals surface area contributed by atoms with Crippen LogP contribution in [0.4, 0.5) is 5.69 Å². The maximum absolute atomic E-state index is 13.2. The molecule has 1 amide bonds. The summed E-state index contributed by atoms with van der Waals surface area (Å²) in [5.41, 5.74) is 2.85. The van der Waals surface area contributed by atoms with Crippen molar-refractivity contribution in [2.45, 2.75) is 13.8 Å². The number of anilines is 1. The largest absolute Gasteiger partial charge is 0.478 e. The van der Waals surface area contributed by atoms with Crippen LogP contribution >= 0.6 is 11.6 Å². The van der Waals surface area contributed by atoms with Gasteiger partial charge in [0.15, 0.2) is 0 Å². The van der Waals surface area contributed by atoms with Gasteiger partial charge in [0.2, 0.25) is 0 Å². The summed E-state index contributed by atoms with van der Waals surface area (Å²) in [7, 11) is 1.25. The molecule has 1 aliphatic heterocycles. The van der Waals surface area contributed by atoms with E-state index >= 15 is 0 Å². The van der Waals surface area contributed by atoms with E-state index in [-0.39, 0.29) is 16.7 Å². The van der Waals surface area contributed by atoms with Crippen LogP contribution in [-0.4, -0.2) is 30.1 Å². The van der Waals surface area contributed by atoms with Crippen LogP contribution in [0.3, 0.4) is 0 Å². The van der Waals surface area contributed by atoms with Crippen molar-refractivity contribution < 1.29 is 24.2 Å². The first-order chi connectivity index (χ1) is 13.7. The molecule has 29 heavy (non-hydrogen) atoms. The van der Waals surface area contributed by atoms with Gasteiger partial charge in [-0.05, 0) is 55.3 Å². The number of aryl methyl sites for hydroxylation is 1. The Hall–Kier alpha value is -3.38. The lowest BCUT2D eigenvalue weighted by molar-refractivity contribution is -0.136. The molecule has 6 nitrogen and oxygen atoms in total. The van der Waals surface area contributed by atoms with Crippen molar-refractivity contribution in [1.29, 1.82) is 0 Å². The van der Waals surface area contributed by atoms with Crippen molar-refractivity contribution in [3.8, 4) is 0 Å². The van der Waals surface area contributed by atoms with Crippen LogP contribution in [-0.2, 0) is 14.3 Å². The fourth-order valence-electron chi connectivity index (χ4n) is 3.10. The summed E-state index contributed by atoms with van der Waals surface area (Å²) >= 11 is 6.21.